The first kappa shape index (κ1) is 19.2. The molecule has 2 aromatic rings. The Morgan fingerprint density at radius 1 is 1.40 bits per heavy atom. The SMILES string of the molecule is CCN(CCc1nc2ccc(F)cc2[nH]1)C(=O)NCCC(C)N(C)C. The number of carbonyl (C=O) groups excluding carboxylic acids is 1. The number of carbonyl (C=O) groups is 1. The summed E-state index contributed by atoms with van der Waals surface area (Å²) in [5.41, 5.74) is 1.42. The first-order valence-electron chi connectivity index (χ1n) is 8.74. The summed E-state index contributed by atoms with van der Waals surface area (Å²) in [5.74, 6) is 0.470. The van der Waals surface area contributed by atoms with E-state index in [-0.39, 0.29) is 11.8 Å². The Labute approximate surface area is 148 Å². The van der Waals surface area contributed by atoms with Crippen LogP contribution in [-0.2, 0) is 6.42 Å². The maximum atomic E-state index is 13.2. The number of likely N-dealkylation sites (N-methyl/N-ethyl adjacent to an activating group) is 1. The lowest BCUT2D eigenvalue weighted by atomic mass is 10.2. The van der Waals surface area contributed by atoms with Crippen molar-refractivity contribution in [3.63, 3.8) is 0 Å². The van der Waals surface area contributed by atoms with Crippen molar-refractivity contribution in [2.75, 3.05) is 33.7 Å². The molecule has 1 heterocycles. The van der Waals surface area contributed by atoms with Gasteiger partial charge in [-0.15, -0.1) is 0 Å². The quantitative estimate of drug-likeness (QED) is 0.770. The number of aromatic amines is 1. The molecule has 7 heteroatoms. The second-order valence-corrected chi connectivity index (χ2v) is 6.51. The fraction of sp³-hybridized carbons (Fsp3) is 0.556. The van der Waals surface area contributed by atoms with E-state index < -0.39 is 0 Å². The number of benzene rings is 1. The number of fused-ring (bicyclic) bond motifs is 1. The molecule has 0 radical (unpaired) electrons. The number of hydrogen-bond donors (Lipinski definition) is 2. The van der Waals surface area contributed by atoms with Crippen LogP contribution in [0.5, 0.6) is 0 Å². The molecule has 1 aromatic carbocycles. The summed E-state index contributed by atoms with van der Waals surface area (Å²) in [6.07, 6.45) is 1.51. The van der Waals surface area contributed by atoms with E-state index in [2.05, 4.69) is 27.1 Å². The summed E-state index contributed by atoms with van der Waals surface area (Å²) in [6, 6.07) is 4.85. The second kappa shape index (κ2) is 8.80. The van der Waals surface area contributed by atoms with Crippen molar-refractivity contribution in [2.24, 2.45) is 0 Å². The number of rotatable bonds is 8. The fourth-order valence-corrected chi connectivity index (χ4v) is 2.56. The number of hydrogen-bond acceptors (Lipinski definition) is 3. The van der Waals surface area contributed by atoms with Crippen molar-refractivity contribution in [1.82, 2.24) is 25.1 Å². The van der Waals surface area contributed by atoms with E-state index in [1.54, 1.807) is 11.0 Å². The molecule has 1 unspecified atom stereocenters. The fourth-order valence-electron chi connectivity index (χ4n) is 2.56. The van der Waals surface area contributed by atoms with Gasteiger partial charge in [-0.2, -0.15) is 0 Å². The summed E-state index contributed by atoms with van der Waals surface area (Å²) < 4.78 is 13.2. The number of urea groups is 1. The van der Waals surface area contributed by atoms with Gasteiger partial charge >= 0.3 is 6.03 Å². The van der Waals surface area contributed by atoms with E-state index in [0.717, 1.165) is 17.8 Å². The molecular weight excluding hydrogens is 321 g/mol. The minimum atomic E-state index is -0.288. The van der Waals surface area contributed by atoms with Crippen molar-refractivity contribution in [3.8, 4) is 0 Å². The third-order valence-corrected chi connectivity index (χ3v) is 4.50. The first-order valence-corrected chi connectivity index (χ1v) is 8.74. The normalized spacial score (nSPS) is 12.6. The third kappa shape index (κ3) is 5.42. The van der Waals surface area contributed by atoms with Crippen LogP contribution in [0.15, 0.2) is 18.2 Å². The van der Waals surface area contributed by atoms with Crippen molar-refractivity contribution < 1.29 is 9.18 Å². The molecule has 0 saturated heterocycles. The highest BCUT2D eigenvalue weighted by Crippen LogP contribution is 2.13. The van der Waals surface area contributed by atoms with Gasteiger partial charge in [-0.25, -0.2) is 14.2 Å². The van der Waals surface area contributed by atoms with E-state index in [0.29, 0.717) is 37.6 Å². The predicted octanol–water partition coefficient (Wildman–Crippen LogP) is 2.62. The molecule has 2 amide bonds. The van der Waals surface area contributed by atoms with Gasteiger partial charge in [0.2, 0.25) is 0 Å². The minimum absolute atomic E-state index is 0.0596. The molecule has 0 fully saturated rings. The lowest BCUT2D eigenvalue weighted by Gasteiger charge is -2.23. The van der Waals surface area contributed by atoms with E-state index in [1.165, 1.54) is 12.1 Å². The average Bonchev–Trinajstić information content (AvgIpc) is 2.97. The highest BCUT2D eigenvalue weighted by atomic mass is 19.1. The lowest BCUT2D eigenvalue weighted by Crippen LogP contribution is -2.42. The Balaban J connectivity index is 1.84. The molecular formula is C18H28FN5O. The average molecular weight is 349 g/mol. The zero-order valence-corrected chi connectivity index (χ0v) is 15.5. The lowest BCUT2D eigenvalue weighted by molar-refractivity contribution is 0.199. The number of halogens is 1. The number of amides is 2. The van der Waals surface area contributed by atoms with Crippen LogP contribution < -0.4 is 5.32 Å². The number of nitrogens with one attached hydrogen (secondary N) is 2. The smallest absolute Gasteiger partial charge is 0.317 e. The molecule has 2 N–H and O–H groups in total. The van der Waals surface area contributed by atoms with Crippen LogP contribution in [0.3, 0.4) is 0 Å². The Morgan fingerprint density at radius 2 is 2.16 bits per heavy atom. The molecule has 1 aromatic heterocycles. The summed E-state index contributed by atoms with van der Waals surface area (Å²) in [5, 5.41) is 2.97. The number of imidazole rings is 1. The van der Waals surface area contributed by atoms with Gasteiger partial charge in [-0.1, -0.05) is 0 Å². The van der Waals surface area contributed by atoms with Gasteiger partial charge in [0.25, 0.3) is 0 Å². The molecule has 1 atom stereocenters. The largest absolute Gasteiger partial charge is 0.342 e. The zero-order valence-electron chi connectivity index (χ0n) is 15.5. The topological polar surface area (TPSA) is 64.3 Å². The van der Waals surface area contributed by atoms with E-state index >= 15 is 0 Å². The Morgan fingerprint density at radius 3 is 2.84 bits per heavy atom. The molecule has 0 aliphatic carbocycles. The Hall–Kier alpha value is -2.15. The number of aromatic nitrogens is 2. The van der Waals surface area contributed by atoms with Gasteiger partial charge in [0.05, 0.1) is 11.0 Å². The summed E-state index contributed by atoms with van der Waals surface area (Å²) >= 11 is 0. The summed E-state index contributed by atoms with van der Waals surface area (Å²) in [6.45, 7) is 5.93. The molecule has 2 rings (SSSR count). The predicted molar refractivity (Wildman–Crippen MR) is 98.2 cm³/mol. The van der Waals surface area contributed by atoms with Gasteiger partial charge < -0.3 is 20.1 Å². The van der Waals surface area contributed by atoms with Crippen molar-refractivity contribution in [2.45, 2.75) is 32.7 Å². The standard InChI is InChI=1S/C18H28FN5O/c1-5-24(18(25)20-10-8-13(2)23(3)4)11-9-17-21-15-7-6-14(19)12-16(15)22-17/h6-7,12-13H,5,8-11H2,1-4H3,(H,20,25)(H,21,22). The van der Waals surface area contributed by atoms with Crippen molar-refractivity contribution in [3.05, 3.63) is 29.8 Å². The molecule has 138 valence electrons. The van der Waals surface area contributed by atoms with Crippen LogP contribution in [0.1, 0.15) is 26.1 Å². The van der Waals surface area contributed by atoms with Gasteiger partial charge in [-0.3, -0.25) is 0 Å². The number of nitrogens with zero attached hydrogens (tertiary/aromatic N) is 3. The van der Waals surface area contributed by atoms with E-state index in [4.69, 9.17) is 0 Å². The van der Waals surface area contributed by atoms with Crippen LogP contribution in [0.25, 0.3) is 11.0 Å². The maximum Gasteiger partial charge on any atom is 0.317 e. The molecule has 25 heavy (non-hydrogen) atoms. The minimum Gasteiger partial charge on any atom is -0.342 e. The van der Waals surface area contributed by atoms with Gasteiger partial charge in [-0.05, 0) is 52.6 Å². The molecule has 0 saturated carbocycles. The molecule has 6 nitrogen and oxygen atoms in total. The van der Waals surface area contributed by atoms with Gasteiger partial charge in [0, 0.05) is 32.1 Å². The van der Waals surface area contributed by atoms with Crippen LogP contribution in [0.2, 0.25) is 0 Å². The van der Waals surface area contributed by atoms with Crippen LogP contribution in [0.4, 0.5) is 9.18 Å². The second-order valence-electron chi connectivity index (χ2n) is 6.51. The van der Waals surface area contributed by atoms with Gasteiger partial charge in [0.1, 0.15) is 11.6 Å². The van der Waals surface area contributed by atoms with Crippen LogP contribution in [0, 0.1) is 5.82 Å². The van der Waals surface area contributed by atoms with Crippen molar-refractivity contribution in [1.29, 1.82) is 0 Å². The molecule has 0 aliphatic heterocycles. The molecule has 0 bridgehead atoms. The Bertz CT molecular complexity index is 700. The third-order valence-electron chi connectivity index (χ3n) is 4.50. The van der Waals surface area contributed by atoms with E-state index in [9.17, 15) is 9.18 Å². The Kier molecular flexibility index (Phi) is 6.75. The monoisotopic (exact) mass is 349 g/mol. The van der Waals surface area contributed by atoms with E-state index in [1.807, 2.05) is 21.0 Å². The van der Waals surface area contributed by atoms with Crippen molar-refractivity contribution >= 4 is 17.1 Å². The highest BCUT2D eigenvalue weighted by Gasteiger charge is 2.13. The van der Waals surface area contributed by atoms with Crippen LogP contribution >= 0.6 is 0 Å². The zero-order chi connectivity index (χ0) is 18.4. The molecule has 0 aliphatic rings. The maximum absolute atomic E-state index is 13.2. The van der Waals surface area contributed by atoms with Gasteiger partial charge in [0.15, 0.2) is 0 Å². The summed E-state index contributed by atoms with van der Waals surface area (Å²) in [4.78, 5) is 23.7. The number of H-pyrrole nitrogens is 1. The first-order chi connectivity index (χ1) is 11.9. The highest BCUT2D eigenvalue weighted by molar-refractivity contribution is 5.75. The molecule has 0 spiro atoms. The summed E-state index contributed by atoms with van der Waals surface area (Å²) in [7, 11) is 4.06. The van der Waals surface area contributed by atoms with Crippen LogP contribution in [-0.4, -0.2) is 65.6 Å².